The summed E-state index contributed by atoms with van der Waals surface area (Å²) in [6.07, 6.45) is 1.18. The Labute approximate surface area is 202 Å². The van der Waals surface area contributed by atoms with Crippen molar-refractivity contribution in [2.24, 2.45) is 0 Å². The third-order valence-corrected chi connectivity index (χ3v) is 8.42. The summed E-state index contributed by atoms with van der Waals surface area (Å²) in [4.78, 5) is 23.0. The van der Waals surface area contributed by atoms with E-state index in [0.717, 1.165) is 29.2 Å². The normalized spacial score (nSPS) is 11.9. The number of amides is 1. The van der Waals surface area contributed by atoms with Crippen LogP contribution in [0.5, 0.6) is 0 Å². The van der Waals surface area contributed by atoms with E-state index in [4.69, 9.17) is 11.6 Å². The lowest BCUT2D eigenvalue weighted by Gasteiger charge is -2.24. The Bertz CT molecular complexity index is 1180. The van der Waals surface area contributed by atoms with Crippen LogP contribution in [-0.2, 0) is 14.6 Å². The van der Waals surface area contributed by atoms with Gasteiger partial charge in [0.05, 0.1) is 20.9 Å². The molecule has 0 atom stereocenters. The van der Waals surface area contributed by atoms with Crippen LogP contribution in [0.15, 0.2) is 52.3 Å². The van der Waals surface area contributed by atoms with Crippen LogP contribution in [0.4, 0.5) is 5.13 Å². The van der Waals surface area contributed by atoms with Crippen molar-refractivity contribution in [3.8, 4) is 0 Å². The van der Waals surface area contributed by atoms with E-state index in [1.165, 1.54) is 29.4 Å². The van der Waals surface area contributed by atoms with Gasteiger partial charge in [0.25, 0.3) is 0 Å². The van der Waals surface area contributed by atoms with E-state index in [2.05, 4.69) is 23.7 Å². The molecule has 172 valence electrons. The Morgan fingerprint density at radius 1 is 1.09 bits per heavy atom. The molecule has 6 nitrogen and oxygen atoms in total. The second-order valence-corrected chi connectivity index (χ2v) is 11.7. The first kappa shape index (κ1) is 25.0. The number of halogens is 1. The number of likely N-dealkylation sites (N-methyl/N-ethyl adjacent to an activating group) is 1. The third-order valence-electron chi connectivity index (χ3n) is 5.02. The molecule has 3 rings (SSSR count). The van der Waals surface area contributed by atoms with E-state index in [-0.39, 0.29) is 16.6 Å². The molecule has 1 amide bonds. The fourth-order valence-electron chi connectivity index (χ4n) is 3.10. The Morgan fingerprint density at radius 3 is 2.41 bits per heavy atom. The molecule has 0 unspecified atom stereocenters. The topological polar surface area (TPSA) is 70.6 Å². The number of sulfone groups is 1. The molecular weight excluding hydrogens is 486 g/mol. The first-order valence-corrected chi connectivity index (χ1v) is 14.3. The number of thiazole rings is 1. The zero-order chi connectivity index (χ0) is 23.3. The molecule has 0 bridgehead atoms. The summed E-state index contributed by atoms with van der Waals surface area (Å²) in [5.74, 6) is 0.226. The summed E-state index contributed by atoms with van der Waals surface area (Å²) < 4.78 is 24.6. The van der Waals surface area contributed by atoms with Crippen molar-refractivity contribution in [3.63, 3.8) is 0 Å². The van der Waals surface area contributed by atoms with Crippen LogP contribution in [0.25, 0.3) is 10.2 Å². The number of carbonyl (C=O) groups excluding carboxylic acids is 1. The van der Waals surface area contributed by atoms with E-state index < -0.39 is 9.84 Å². The maximum Gasteiger partial charge on any atom is 0.239 e. The maximum atomic E-state index is 13.2. The molecule has 1 aromatic heterocycles. The number of carbonyl (C=O) groups is 1. The number of hydrogen-bond donors (Lipinski definition) is 0. The van der Waals surface area contributed by atoms with Gasteiger partial charge in [0, 0.05) is 29.3 Å². The molecular formula is C22H26ClN3O3S3. The number of nitrogens with zero attached hydrogens (tertiary/aromatic N) is 3. The van der Waals surface area contributed by atoms with Crippen LogP contribution in [0.2, 0.25) is 5.02 Å². The SMILES string of the molecule is CCN(CC)CCN(C(=O)CSc1ccc(Cl)cc1)c1nc2ccc(S(C)(=O)=O)cc2s1. The van der Waals surface area contributed by atoms with Crippen molar-refractivity contribution in [1.29, 1.82) is 0 Å². The lowest BCUT2D eigenvalue weighted by molar-refractivity contribution is -0.116. The van der Waals surface area contributed by atoms with Gasteiger partial charge >= 0.3 is 0 Å². The van der Waals surface area contributed by atoms with Gasteiger partial charge in [-0.3, -0.25) is 9.69 Å². The molecule has 0 saturated heterocycles. The summed E-state index contributed by atoms with van der Waals surface area (Å²) in [6.45, 7) is 7.23. The Morgan fingerprint density at radius 2 is 1.78 bits per heavy atom. The monoisotopic (exact) mass is 511 g/mol. The summed E-state index contributed by atoms with van der Waals surface area (Å²) in [6, 6.07) is 12.3. The smallest absolute Gasteiger partial charge is 0.239 e. The van der Waals surface area contributed by atoms with Gasteiger partial charge in [-0.25, -0.2) is 13.4 Å². The number of fused-ring (bicyclic) bond motifs is 1. The fourth-order valence-corrected chi connectivity index (χ4v) is 5.77. The van der Waals surface area contributed by atoms with Gasteiger partial charge in [0.1, 0.15) is 0 Å². The predicted octanol–water partition coefficient (Wildman–Crippen LogP) is 4.82. The number of aromatic nitrogens is 1. The highest BCUT2D eigenvalue weighted by Gasteiger charge is 2.21. The minimum absolute atomic E-state index is 0.0421. The van der Waals surface area contributed by atoms with Crippen molar-refractivity contribution in [2.75, 3.05) is 43.1 Å². The van der Waals surface area contributed by atoms with Crippen LogP contribution in [0, 0.1) is 0 Å². The van der Waals surface area contributed by atoms with Crippen LogP contribution in [0.1, 0.15) is 13.8 Å². The molecule has 0 aliphatic heterocycles. The minimum atomic E-state index is -3.31. The molecule has 0 radical (unpaired) electrons. The Kier molecular flexibility index (Phi) is 8.57. The van der Waals surface area contributed by atoms with Gasteiger partial charge in [0.2, 0.25) is 5.91 Å². The molecule has 0 aliphatic carbocycles. The summed E-state index contributed by atoms with van der Waals surface area (Å²) >= 11 is 8.74. The van der Waals surface area contributed by atoms with E-state index >= 15 is 0 Å². The highest BCUT2D eigenvalue weighted by Crippen LogP contribution is 2.31. The first-order chi connectivity index (χ1) is 15.2. The fraction of sp³-hybridized carbons (Fsp3) is 0.364. The molecule has 32 heavy (non-hydrogen) atoms. The predicted molar refractivity (Wildman–Crippen MR) is 135 cm³/mol. The largest absolute Gasteiger partial charge is 0.302 e. The van der Waals surface area contributed by atoms with Crippen molar-refractivity contribution >= 4 is 65.8 Å². The van der Waals surface area contributed by atoms with Gasteiger partial charge in [-0.2, -0.15) is 0 Å². The second kappa shape index (κ2) is 11.0. The average molecular weight is 512 g/mol. The van der Waals surface area contributed by atoms with E-state index in [0.29, 0.717) is 22.2 Å². The summed E-state index contributed by atoms with van der Waals surface area (Å²) in [5, 5.41) is 1.24. The van der Waals surface area contributed by atoms with Crippen molar-refractivity contribution < 1.29 is 13.2 Å². The average Bonchev–Trinajstić information content (AvgIpc) is 3.18. The van der Waals surface area contributed by atoms with Gasteiger partial charge in [0.15, 0.2) is 15.0 Å². The molecule has 0 fully saturated rings. The van der Waals surface area contributed by atoms with Gasteiger partial charge in [-0.1, -0.05) is 36.8 Å². The molecule has 0 spiro atoms. The molecule has 2 aromatic carbocycles. The quantitative estimate of drug-likeness (QED) is 0.363. The van der Waals surface area contributed by atoms with E-state index in [1.54, 1.807) is 35.2 Å². The van der Waals surface area contributed by atoms with Crippen LogP contribution in [-0.4, -0.2) is 62.4 Å². The maximum absolute atomic E-state index is 13.2. The third kappa shape index (κ3) is 6.45. The highest BCUT2D eigenvalue weighted by atomic mass is 35.5. The summed E-state index contributed by atoms with van der Waals surface area (Å²) in [5.41, 5.74) is 0.684. The lowest BCUT2D eigenvalue weighted by Crippen LogP contribution is -2.39. The van der Waals surface area contributed by atoms with Gasteiger partial charge in [-0.15, -0.1) is 11.8 Å². The molecule has 10 heteroatoms. The number of benzene rings is 2. The lowest BCUT2D eigenvalue weighted by atomic mass is 10.3. The van der Waals surface area contributed by atoms with Crippen LogP contribution >= 0.6 is 34.7 Å². The number of hydrogen-bond acceptors (Lipinski definition) is 7. The Balaban J connectivity index is 1.85. The van der Waals surface area contributed by atoms with Crippen LogP contribution < -0.4 is 4.90 Å². The molecule has 0 aliphatic rings. The molecule has 0 N–H and O–H groups in total. The first-order valence-electron chi connectivity index (χ1n) is 10.2. The number of anilines is 1. The number of rotatable bonds is 10. The number of thioether (sulfide) groups is 1. The van der Waals surface area contributed by atoms with Gasteiger partial charge < -0.3 is 4.90 Å². The minimum Gasteiger partial charge on any atom is -0.302 e. The van der Waals surface area contributed by atoms with Crippen molar-refractivity contribution in [3.05, 3.63) is 47.5 Å². The van der Waals surface area contributed by atoms with Gasteiger partial charge in [-0.05, 0) is 55.6 Å². The van der Waals surface area contributed by atoms with E-state index in [9.17, 15) is 13.2 Å². The van der Waals surface area contributed by atoms with Crippen molar-refractivity contribution in [2.45, 2.75) is 23.6 Å². The zero-order valence-electron chi connectivity index (χ0n) is 18.2. The molecule has 3 aromatic rings. The van der Waals surface area contributed by atoms with E-state index in [1.807, 2.05) is 12.1 Å². The zero-order valence-corrected chi connectivity index (χ0v) is 21.5. The molecule has 0 saturated carbocycles. The van der Waals surface area contributed by atoms with Crippen molar-refractivity contribution in [1.82, 2.24) is 9.88 Å². The molecule has 1 heterocycles. The summed E-state index contributed by atoms with van der Waals surface area (Å²) in [7, 11) is -3.31. The second-order valence-electron chi connectivity index (χ2n) is 7.21. The highest BCUT2D eigenvalue weighted by molar-refractivity contribution is 8.00. The Hall–Kier alpha value is -1.65. The standard InChI is InChI=1S/C22H26ClN3O3S3/c1-4-25(5-2)12-13-26(21(27)15-30-17-8-6-16(23)7-9-17)22-24-19-11-10-18(32(3,28)29)14-20(19)31-22/h6-11,14H,4-5,12-13,15H2,1-3H3. The van der Waals surface area contributed by atoms with Crippen LogP contribution in [0.3, 0.4) is 0 Å².